The first-order chi connectivity index (χ1) is 16.0. The molecule has 1 aliphatic carbocycles. The van der Waals surface area contributed by atoms with Gasteiger partial charge in [-0.05, 0) is 72.7 Å². The van der Waals surface area contributed by atoms with Gasteiger partial charge in [0, 0.05) is 25.4 Å². The predicted octanol–water partition coefficient (Wildman–Crippen LogP) is 5.20. The molecule has 2 heterocycles. The number of nitrogens with one attached hydrogen (secondary N) is 1. The summed E-state index contributed by atoms with van der Waals surface area (Å²) in [7, 11) is 1.37. The van der Waals surface area contributed by atoms with Crippen molar-refractivity contribution in [1.82, 2.24) is 4.98 Å². The van der Waals surface area contributed by atoms with Gasteiger partial charge in [0.25, 0.3) is 0 Å². The van der Waals surface area contributed by atoms with E-state index in [9.17, 15) is 13.6 Å². The zero-order valence-corrected chi connectivity index (χ0v) is 18.4. The molecular weight excluding hydrogens is 424 g/mol. The minimum absolute atomic E-state index is 0.245. The minimum atomic E-state index is -0.570. The molecule has 5 nitrogen and oxygen atoms in total. The summed E-state index contributed by atoms with van der Waals surface area (Å²) in [6.07, 6.45) is 5.61. The van der Waals surface area contributed by atoms with Crippen molar-refractivity contribution in [3.8, 4) is 0 Å². The van der Waals surface area contributed by atoms with E-state index in [1.54, 1.807) is 12.1 Å². The summed E-state index contributed by atoms with van der Waals surface area (Å²) in [6.45, 7) is 1.19. The Morgan fingerprint density at radius 3 is 2.52 bits per heavy atom. The second kappa shape index (κ2) is 8.46. The van der Waals surface area contributed by atoms with E-state index in [-0.39, 0.29) is 11.5 Å². The summed E-state index contributed by atoms with van der Waals surface area (Å²) in [6, 6.07) is 13.1. The van der Waals surface area contributed by atoms with Crippen molar-refractivity contribution >= 4 is 17.5 Å². The first-order valence-electron chi connectivity index (χ1n) is 11.1. The fourth-order valence-corrected chi connectivity index (χ4v) is 4.67. The number of hydrogen-bond acceptors (Lipinski definition) is 5. The first-order valence-corrected chi connectivity index (χ1v) is 11.1. The molecule has 0 radical (unpaired) electrons. The highest BCUT2D eigenvalue weighted by molar-refractivity contribution is 5.89. The van der Waals surface area contributed by atoms with Crippen LogP contribution in [0.5, 0.6) is 0 Å². The molecule has 7 heteroatoms. The van der Waals surface area contributed by atoms with Crippen molar-refractivity contribution in [3.05, 3.63) is 88.6 Å². The van der Waals surface area contributed by atoms with Crippen molar-refractivity contribution in [2.24, 2.45) is 0 Å². The Bertz CT molecular complexity index is 1170. The van der Waals surface area contributed by atoms with Crippen LogP contribution in [-0.4, -0.2) is 24.6 Å². The average molecular weight is 450 g/mol. The number of pyridine rings is 1. The van der Waals surface area contributed by atoms with Crippen LogP contribution in [0.4, 0.5) is 20.3 Å². The number of rotatable bonds is 6. The van der Waals surface area contributed by atoms with Crippen LogP contribution in [0.3, 0.4) is 0 Å². The first kappa shape index (κ1) is 21.4. The largest absolute Gasteiger partial charge is 0.465 e. The molecule has 1 N–H and O–H groups in total. The summed E-state index contributed by atoms with van der Waals surface area (Å²) in [5, 5.41) is 3.66. The van der Waals surface area contributed by atoms with Gasteiger partial charge in [-0.15, -0.1) is 0 Å². The SMILES string of the molecule is COC(=O)c1ccc(C2(Nc3nccc4c3N(Cc3cc(F)cc(F)c3)CCC4)CC2)cc1. The number of anilines is 2. The summed E-state index contributed by atoms with van der Waals surface area (Å²) in [5.41, 5.74) is 4.11. The van der Waals surface area contributed by atoms with Gasteiger partial charge in [0.2, 0.25) is 0 Å². The molecule has 1 aromatic heterocycles. The molecule has 0 saturated heterocycles. The van der Waals surface area contributed by atoms with Crippen molar-refractivity contribution in [2.75, 3.05) is 23.9 Å². The number of ether oxygens (including phenoxy) is 1. The average Bonchev–Trinajstić information content (AvgIpc) is 3.59. The Balaban J connectivity index is 1.44. The normalized spacial score (nSPS) is 16.2. The lowest BCUT2D eigenvalue weighted by molar-refractivity contribution is 0.0600. The fraction of sp³-hybridized carbons (Fsp3) is 0.308. The monoisotopic (exact) mass is 449 g/mol. The van der Waals surface area contributed by atoms with E-state index in [2.05, 4.69) is 15.2 Å². The highest BCUT2D eigenvalue weighted by atomic mass is 19.1. The number of fused-ring (bicyclic) bond motifs is 1. The van der Waals surface area contributed by atoms with Crippen LogP contribution in [0, 0.1) is 11.6 Å². The maximum absolute atomic E-state index is 13.8. The van der Waals surface area contributed by atoms with Crippen LogP contribution in [0.15, 0.2) is 54.7 Å². The Morgan fingerprint density at radius 1 is 1.12 bits per heavy atom. The summed E-state index contributed by atoms with van der Waals surface area (Å²) >= 11 is 0. The lowest BCUT2D eigenvalue weighted by atomic mass is 10.00. The van der Waals surface area contributed by atoms with Crippen molar-refractivity contribution in [1.29, 1.82) is 0 Å². The second-order valence-electron chi connectivity index (χ2n) is 8.75. The molecule has 1 saturated carbocycles. The molecule has 170 valence electrons. The lowest BCUT2D eigenvalue weighted by Gasteiger charge is -2.34. The fourth-order valence-electron chi connectivity index (χ4n) is 4.67. The third-order valence-electron chi connectivity index (χ3n) is 6.46. The maximum atomic E-state index is 13.8. The number of hydrogen-bond donors (Lipinski definition) is 1. The maximum Gasteiger partial charge on any atom is 0.337 e. The molecule has 0 spiro atoms. The molecule has 1 fully saturated rings. The van der Waals surface area contributed by atoms with Gasteiger partial charge in [-0.25, -0.2) is 18.6 Å². The van der Waals surface area contributed by atoms with Gasteiger partial charge in [-0.3, -0.25) is 0 Å². The molecule has 0 bridgehead atoms. The van der Waals surface area contributed by atoms with Crippen LogP contribution in [0.2, 0.25) is 0 Å². The number of methoxy groups -OCH3 is 1. The van der Waals surface area contributed by atoms with Crippen molar-refractivity contribution in [2.45, 2.75) is 37.8 Å². The van der Waals surface area contributed by atoms with Crippen LogP contribution >= 0.6 is 0 Å². The summed E-state index contributed by atoms with van der Waals surface area (Å²) < 4.78 is 32.3. The molecule has 2 aliphatic rings. The Morgan fingerprint density at radius 2 is 1.85 bits per heavy atom. The van der Waals surface area contributed by atoms with E-state index in [0.717, 1.165) is 55.4 Å². The van der Waals surface area contributed by atoms with Gasteiger partial charge in [0.05, 0.1) is 23.9 Å². The molecule has 3 aromatic rings. The van der Waals surface area contributed by atoms with E-state index in [0.29, 0.717) is 17.7 Å². The highest BCUT2D eigenvalue weighted by Crippen LogP contribution is 2.50. The molecule has 0 amide bonds. The quantitative estimate of drug-likeness (QED) is 0.524. The molecular formula is C26H25F2N3O2. The second-order valence-corrected chi connectivity index (χ2v) is 8.75. The van der Waals surface area contributed by atoms with Gasteiger partial charge in [0.15, 0.2) is 5.82 Å². The van der Waals surface area contributed by atoms with Crippen molar-refractivity contribution in [3.63, 3.8) is 0 Å². The van der Waals surface area contributed by atoms with Crippen molar-refractivity contribution < 1.29 is 18.3 Å². The zero-order chi connectivity index (χ0) is 23.0. The number of nitrogens with zero attached hydrogens (tertiary/aromatic N) is 2. The minimum Gasteiger partial charge on any atom is -0.465 e. The van der Waals surface area contributed by atoms with E-state index in [1.165, 1.54) is 24.8 Å². The third kappa shape index (κ3) is 4.27. The van der Waals surface area contributed by atoms with Gasteiger partial charge >= 0.3 is 5.97 Å². The van der Waals surface area contributed by atoms with E-state index in [1.807, 2.05) is 24.4 Å². The number of aryl methyl sites for hydroxylation is 1. The molecule has 1 aliphatic heterocycles. The summed E-state index contributed by atoms with van der Waals surface area (Å²) in [4.78, 5) is 18.6. The molecule has 33 heavy (non-hydrogen) atoms. The number of halogens is 2. The zero-order valence-electron chi connectivity index (χ0n) is 18.4. The molecule has 0 unspecified atom stereocenters. The smallest absolute Gasteiger partial charge is 0.337 e. The third-order valence-corrected chi connectivity index (χ3v) is 6.46. The number of carbonyl (C=O) groups excluding carboxylic acids is 1. The Hall–Kier alpha value is -3.48. The molecule has 2 aromatic carbocycles. The van der Waals surface area contributed by atoms with Crippen LogP contribution in [0.25, 0.3) is 0 Å². The van der Waals surface area contributed by atoms with E-state index in [4.69, 9.17) is 4.74 Å². The van der Waals surface area contributed by atoms with Crippen LogP contribution in [-0.2, 0) is 23.2 Å². The van der Waals surface area contributed by atoms with E-state index >= 15 is 0 Å². The summed E-state index contributed by atoms with van der Waals surface area (Å²) in [5.74, 6) is -0.723. The van der Waals surface area contributed by atoms with Crippen LogP contribution in [0.1, 0.15) is 46.3 Å². The van der Waals surface area contributed by atoms with Gasteiger partial charge in [0.1, 0.15) is 11.6 Å². The van der Waals surface area contributed by atoms with Gasteiger partial charge < -0.3 is 15.0 Å². The van der Waals surface area contributed by atoms with Crippen LogP contribution < -0.4 is 10.2 Å². The van der Waals surface area contributed by atoms with Gasteiger partial charge in [-0.1, -0.05) is 12.1 Å². The van der Waals surface area contributed by atoms with Gasteiger partial charge in [-0.2, -0.15) is 0 Å². The number of benzene rings is 2. The lowest BCUT2D eigenvalue weighted by Crippen LogP contribution is -2.31. The number of aromatic nitrogens is 1. The Labute approximate surface area is 191 Å². The highest BCUT2D eigenvalue weighted by Gasteiger charge is 2.45. The van der Waals surface area contributed by atoms with E-state index < -0.39 is 11.6 Å². The molecule has 5 rings (SSSR count). The standard InChI is InChI=1S/C26H25F2N3O2/c1-33-25(32)19-4-6-20(7-5-19)26(9-10-26)30-24-23-18(8-11-29-24)3-2-12-31(23)16-17-13-21(27)15-22(28)14-17/h4-8,11,13-15H,2-3,9-10,12,16H2,1H3,(H,29,30). The number of carbonyl (C=O) groups is 1. The topological polar surface area (TPSA) is 54.5 Å². The molecule has 0 atom stereocenters. The predicted molar refractivity (Wildman–Crippen MR) is 122 cm³/mol. The Kier molecular flexibility index (Phi) is 5.48. The number of esters is 1.